The molecule has 0 aliphatic heterocycles. The van der Waals surface area contributed by atoms with Gasteiger partial charge < -0.3 is 35.3 Å². The highest BCUT2D eigenvalue weighted by Crippen LogP contribution is 2.13. The monoisotopic (exact) mass is 425 g/mol. The minimum absolute atomic E-state index is 0.110. The lowest BCUT2D eigenvalue weighted by molar-refractivity contribution is -0.153. The van der Waals surface area contributed by atoms with Gasteiger partial charge in [0.2, 0.25) is 0 Å². The van der Waals surface area contributed by atoms with E-state index in [1.54, 1.807) is 38.1 Å². The molecule has 9 heteroatoms. The van der Waals surface area contributed by atoms with Crippen molar-refractivity contribution in [2.45, 2.75) is 46.1 Å². The van der Waals surface area contributed by atoms with Crippen molar-refractivity contribution in [2.75, 3.05) is 39.5 Å². The molecule has 1 rings (SSSR count). The van der Waals surface area contributed by atoms with Crippen LogP contribution in [0.1, 0.15) is 38.1 Å². The minimum Gasteiger partial charge on any atom is -0.489 e. The Bertz CT molecular complexity index is 639. The zero-order valence-corrected chi connectivity index (χ0v) is 18.3. The van der Waals surface area contributed by atoms with Gasteiger partial charge in [0, 0.05) is 24.7 Å². The molecule has 1 aromatic rings. The van der Waals surface area contributed by atoms with Gasteiger partial charge in [-0.15, -0.1) is 0 Å². The number of hydrogen-bond acceptors (Lipinski definition) is 8. The molecule has 0 spiro atoms. The predicted molar refractivity (Wildman–Crippen MR) is 113 cm³/mol. The van der Waals surface area contributed by atoms with Crippen molar-refractivity contribution in [3.05, 3.63) is 29.8 Å². The first kappa shape index (κ1) is 25.8. The number of benzene rings is 1. The number of carbonyl (C=O) groups excluding carboxylic acids is 2. The maximum atomic E-state index is 12.2. The summed E-state index contributed by atoms with van der Waals surface area (Å²) in [4.78, 5) is 23.5. The fourth-order valence-electron chi connectivity index (χ4n) is 2.30. The molecule has 0 aromatic heterocycles. The van der Waals surface area contributed by atoms with E-state index in [1.165, 1.54) is 0 Å². The normalized spacial score (nSPS) is 12.1. The van der Waals surface area contributed by atoms with Gasteiger partial charge in [0.25, 0.3) is 5.91 Å². The van der Waals surface area contributed by atoms with Crippen LogP contribution in [0.15, 0.2) is 24.3 Å². The molecular weight excluding hydrogens is 390 g/mol. The van der Waals surface area contributed by atoms with E-state index in [9.17, 15) is 9.59 Å². The summed E-state index contributed by atoms with van der Waals surface area (Å²) in [7, 11) is 0. The molecule has 1 amide bonds. The standard InChI is InChI=1S/C21H35N3O6/c1-15(2)23-8-9-24-21(26)17-6-5-7-18(12-17)29-13-19(22)28-11-10-27-14-20(25)30-16(3)4/h5-7,12,15-16,19,23H,8-11,13-14,22H2,1-4H3,(H,24,26). The molecule has 0 bridgehead atoms. The van der Waals surface area contributed by atoms with Crippen LogP contribution in [0.5, 0.6) is 5.75 Å². The molecule has 1 aromatic carbocycles. The molecule has 0 radical (unpaired) electrons. The molecule has 1 unspecified atom stereocenters. The van der Waals surface area contributed by atoms with E-state index in [-0.39, 0.29) is 38.4 Å². The van der Waals surface area contributed by atoms with Crippen molar-refractivity contribution in [2.24, 2.45) is 5.73 Å². The van der Waals surface area contributed by atoms with Crippen LogP contribution >= 0.6 is 0 Å². The summed E-state index contributed by atoms with van der Waals surface area (Å²) in [6.07, 6.45) is -0.842. The number of esters is 1. The molecule has 170 valence electrons. The second-order valence-electron chi connectivity index (χ2n) is 7.20. The molecule has 30 heavy (non-hydrogen) atoms. The summed E-state index contributed by atoms with van der Waals surface area (Å²) in [5, 5.41) is 6.09. The van der Waals surface area contributed by atoms with Crippen LogP contribution in [0.2, 0.25) is 0 Å². The first-order chi connectivity index (χ1) is 14.3. The summed E-state index contributed by atoms with van der Waals surface area (Å²) in [5.41, 5.74) is 6.36. The Labute approximate surface area is 178 Å². The number of nitrogens with one attached hydrogen (secondary N) is 2. The third-order valence-corrected chi connectivity index (χ3v) is 3.62. The van der Waals surface area contributed by atoms with E-state index in [0.717, 1.165) is 0 Å². The van der Waals surface area contributed by atoms with E-state index >= 15 is 0 Å². The Kier molecular flexibility index (Phi) is 12.7. The van der Waals surface area contributed by atoms with Crippen molar-refractivity contribution in [3.8, 4) is 5.75 Å². The van der Waals surface area contributed by atoms with Crippen LogP contribution in [-0.4, -0.2) is 69.8 Å². The number of rotatable bonds is 15. The van der Waals surface area contributed by atoms with E-state index in [1.807, 2.05) is 13.8 Å². The van der Waals surface area contributed by atoms with Crippen molar-refractivity contribution in [1.29, 1.82) is 0 Å². The maximum absolute atomic E-state index is 12.2. The predicted octanol–water partition coefficient (Wildman–Crippen LogP) is 1.06. The van der Waals surface area contributed by atoms with E-state index < -0.39 is 12.2 Å². The van der Waals surface area contributed by atoms with Crippen LogP contribution in [0.3, 0.4) is 0 Å². The van der Waals surface area contributed by atoms with Gasteiger partial charge >= 0.3 is 5.97 Å². The van der Waals surface area contributed by atoms with Crippen LogP contribution in [-0.2, 0) is 19.0 Å². The first-order valence-electron chi connectivity index (χ1n) is 10.2. The second kappa shape index (κ2) is 14.7. The fourth-order valence-corrected chi connectivity index (χ4v) is 2.30. The molecule has 0 saturated carbocycles. The fraction of sp³-hybridized carbons (Fsp3) is 0.619. The molecule has 4 N–H and O–H groups in total. The Morgan fingerprint density at radius 1 is 1.10 bits per heavy atom. The largest absolute Gasteiger partial charge is 0.489 e. The number of nitrogens with two attached hydrogens (primary N) is 1. The van der Waals surface area contributed by atoms with Crippen molar-refractivity contribution >= 4 is 11.9 Å². The van der Waals surface area contributed by atoms with Crippen molar-refractivity contribution in [3.63, 3.8) is 0 Å². The zero-order valence-electron chi connectivity index (χ0n) is 18.3. The Morgan fingerprint density at radius 3 is 2.57 bits per heavy atom. The quantitative estimate of drug-likeness (QED) is 0.217. The van der Waals surface area contributed by atoms with Gasteiger partial charge in [-0.2, -0.15) is 0 Å². The third-order valence-electron chi connectivity index (χ3n) is 3.62. The lowest BCUT2D eigenvalue weighted by Crippen LogP contribution is -2.34. The number of ether oxygens (including phenoxy) is 4. The smallest absolute Gasteiger partial charge is 0.332 e. The van der Waals surface area contributed by atoms with Gasteiger partial charge in [-0.25, -0.2) is 4.79 Å². The highest BCUT2D eigenvalue weighted by molar-refractivity contribution is 5.94. The second-order valence-corrected chi connectivity index (χ2v) is 7.20. The van der Waals surface area contributed by atoms with Crippen LogP contribution in [0.25, 0.3) is 0 Å². The molecule has 1 atom stereocenters. The van der Waals surface area contributed by atoms with Gasteiger partial charge in [0.1, 0.15) is 25.2 Å². The van der Waals surface area contributed by atoms with E-state index in [0.29, 0.717) is 30.4 Å². The summed E-state index contributed by atoms with van der Waals surface area (Å²) >= 11 is 0. The molecule has 9 nitrogen and oxygen atoms in total. The molecule has 0 aliphatic rings. The minimum atomic E-state index is -0.671. The average molecular weight is 426 g/mol. The van der Waals surface area contributed by atoms with Crippen LogP contribution in [0.4, 0.5) is 0 Å². The topological polar surface area (TPSA) is 121 Å². The highest BCUT2D eigenvalue weighted by Gasteiger charge is 2.09. The summed E-state index contributed by atoms with van der Waals surface area (Å²) < 4.78 is 21.1. The van der Waals surface area contributed by atoms with Crippen molar-refractivity contribution < 1.29 is 28.5 Å². The third kappa shape index (κ3) is 12.4. The lowest BCUT2D eigenvalue weighted by Gasteiger charge is -2.15. The molecule has 0 saturated heterocycles. The van der Waals surface area contributed by atoms with Gasteiger partial charge in [-0.3, -0.25) is 4.79 Å². The Morgan fingerprint density at radius 2 is 1.87 bits per heavy atom. The lowest BCUT2D eigenvalue weighted by atomic mass is 10.2. The molecular formula is C21H35N3O6. The van der Waals surface area contributed by atoms with E-state index in [4.69, 9.17) is 24.7 Å². The van der Waals surface area contributed by atoms with Crippen molar-refractivity contribution in [1.82, 2.24) is 10.6 Å². The zero-order chi connectivity index (χ0) is 22.4. The summed E-state index contributed by atoms with van der Waals surface area (Å²) in [5.74, 6) is -0.0629. The van der Waals surface area contributed by atoms with Gasteiger partial charge in [0.15, 0.2) is 0 Å². The van der Waals surface area contributed by atoms with Gasteiger partial charge in [-0.05, 0) is 32.0 Å². The van der Waals surface area contributed by atoms with Gasteiger partial charge in [0.05, 0.1) is 19.3 Å². The molecule has 0 heterocycles. The number of carbonyl (C=O) groups is 2. The van der Waals surface area contributed by atoms with Crippen LogP contribution < -0.4 is 21.1 Å². The summed E-state index contributed by atoms with van der Waals surface area (Å²) in [6.45, 7) is 9.29. The number of amides is 1. The van der Waals surface area contributed by atoms with Crippen LogP contribution in [0, 0.1) is 0 Å². The SMILES string of the molecule is CC(C)NCCNC(=O)c1cccc(OCC(N)OCCOCC(=O)OC(C)C)c1. The summed E-state index contributed by atoms with van der Waals surface area (Å²) in [6, 6.07) is 7.23. The first-order valence-corrected chi connectivity index (χ1v) is 10.2. The Hall–Kier alpha value is -2.20. The van der Waals surface area contributed by atoms with E-state index in [2.05, 4.69) is 10.6 Å². The Balaban J connectivity index is 2.24. The average Bonchev–Trinajstić information content (AvgIpc) is 2.68. The number of hydrogen-bond donors (Lipinski definition) is 3. The maximum Gasteiger partial charge on any atom is 0.332 e. The highest BCUT2D eigenvalue weighted by atomic mass is 16.6. The molecule has 0 fully saturated rings. The van der Waals surface area contributed by atoms with Gasteiger partial charge in [-0.1, -0.05) is 19.9 Å². The molecule has 0 aliphatic carbocycles.